The van der Waals surface area contributed by atoms with Gasteiger partial charge in [0, 0.05) is 31.5 Å². The maximum Gasteiger partial charge on any atom is 0.254 e. The first-order valence-electron chi connectivity index (χ1n) is 7.70. The number of likely N-dealkylation sites (N-methyl/N-ethyl adjacent to an activating group) is 1. The van der Waals surface area contributed by atoms with E-state index in [1.54, 1.807) is 23.4 Å². The molecule has 0 atom stereocenters. The fourth-order valence-electron chi connectivity index (χ4n) is 2.57. The van der Waals surface area contributed by atoms with Gasteiger partial charge in [0.1, 0.15) is 13.2 Å². The highest BCUT2D eigenvalue weighted by atomic mass is 16.6. The summed E-state index contributed by atoms with van der Waals surface area (Å²) in [4.78, 5) is 18.4. The zero-order valence-corrected chi connectivity index (χ0v) is 13.4. The van der Waals surface area contributed by atoms with Gasteiger partial charge in [-0.3, -0.25) is 9.78 Å². The quantitative estimate of drug-likeness (QED) is 0.870. The molecule has 0 saturated heterocycles. The van der Waals surface area contributed by atoms with Crippen molar-refractivity contribution in [1.29, 1.82) is 0 Å². The minimum Gasteiger partial charge on any atom is -0.486 e. The molecule has 0 aliphatic carbocycles. The predicted molar refractivity (Wildman–Crippen MR) is 87.1 cm³/mol. The Hall–Kier alpha value is -2.56. The van der Waals surface area contributed by atoms with Crippen LogP contribution >= 0.6 is 0 Å². The summed E-state index contributed by atoms with van der Waals surface area (Å²) in [5.74, 6) is 1.35. The molecular formula is C18H20N2O3. The molecule has 0 saturated carbocycles. The SMILES string of the molecule is Cc1cc2c(cc1C(=O)N(C)CCc1ccncc1)OCCO2. The van der Waals surface area contributed by atoms with Gasteiger partial charge in [-0.25, -0.2) is 0 Å². The Bertz CT molecular complexity index is 701. The third kappa shape index (κ3) is 3.44. The molecular weight excluding hydrogens is 292 g/mol. The summed E-state index contributed by atoms with van der Waals surface area (Å²) in [7, 11) is 1.82. The van der Waals surface area contributed by atoms with E-state index in [1.165, 1.54) is 5.56 Å². The first-order valence-corrected chi connectivity index (χ1v) is 7.70. The molecule has 2 aromatic rings. The van der Waals surface area contributed by atoms with Crippen molar-refractivity contribution in [3.8, 4) is 11.5 Å². The minimum absolute atomic E-state index is 0.00599. The van der Waals surface area contributed by atoms with Crippen molar-refractivity contribution in [3.05, 3.63) is 53.3 Å². The van der Waals surface area contributed by atoms with Crippen LogP contribution in [0.2, 0.25) is 0 Å². The van der Waals surface area contributed by atoms with Crippen LogP contribution in [0.25, 0.3) is 0 Å². The first kappa shape index (κ1) is 15.3. The molecule has 120 valence electrons. The number of fused-ring (bicyclic) bond motifs is 1. The van der Waals surface area contributed by atoms with Gasteiger partial charge in [0.15, 0.2) is 11.5 Å². The van der Waals surface area contributed by atoms with Gasteiger partial charge in [-0.2, -0.15) is 0 Å². The number of hydrogen-bond donors (Lipinski definition) is 0. The second-order valence-corrected chi connectivity index (χ2v) is 5.64. The summed E-state index contributed by atoms with van der Waals surface area (Å²) in [6.45, 7) is 3.63. The number of amides is 1. The lowest BCUT2D eigenvalue weighted by molar-refractivity contribution is 0.0794. The van der Waals surface area contributed by atoms with Gasteiger partial charge in [0.2, 0.25) is 0 Å². The lowest BCUT2D eigenvalue weighted by atomic mass is 10.1. The number of benzene rings is 1. The molecule has 1 aliphatic rings. The van der Waals surface area contributed by atoms with E-state index < -0.39 is 0 Å². The minimum atomic E-state index is -0.00599. The Balaban J connectivity index is 1.72. The Morgan fingerprint density at radius 1 is 1.17 bits per heavy atom. The molecule has 0 spiro atoms. The zero-order valence-electron chi connectivity index (χ0n) is 13.4. The summed E-state index contributed by atoms with van der Waals surface area (Å²) in [5.41, 5.74) is 2.72. The third-order valence-electron chi connectivity index (χ3n) is 3.95. The van der Waals surface area contributed by atoms with E-state index >= 15 is 0 Å². The lowest BCUT2D eigenvalue weighted by Gasteiger charge is -2.22. The molecule has 0 radical (unpaired) electrons. The molecule has 1 amide bonds. The van der Waals surface area contributed by atoms with Crippen LogP contribution < -0.4 is 9.47 Å². The number of nitrogens with zero attached hydrogens (tertiary/aromatic N) is 2. The van der Waals surface area contributed by atoms with Crippen LogP contribution in [0.15, 0.2) is 36.7 Å². The van der Waals surface area contributed by atoms with Gasteiger partial charge in [-0.05, 0) is 48.7 Å². The van der Waals surface area contributed by atoms with E-state index in [2.05, 4.69) is 4.98 Å². The van der Waals surface area contributed by atoms with Crippen LogP contribution in [0, 0.1) is 6.92 Å². The second kappa shape index (κ2) is 6.69. The Labute approximate surface area is 135 Å². The van der Waals surface area contributed by atoms with Crippen molar-refractivity contribution >= 4 is 5.91 Å². The van der Waals surface area contributed by atoms with Gasteiger partial charge >= 0.3 is 0 Å². The number of pyridine rings is 1. The van der Waals surface area contributed by atoms with Crippen LogP contribution in [-0.4, -0.2) is 42.6 Å². The molecule has 0 N–H and O–H groups in total. The highest BCUT2D eigenvalue weighted by Crippen LogP contribution is 2.33. The average molecular weight is 312 g/mol. The van der Waals surface area contributed by atoms with Crippen molar-refractivity contribution in [1.82, 2.24) is 9.88 Å². The van der Waals surface area contributed by atoms with Gasteiger partial charge in [-0.15, -0.1) is 0 Å². The highest BCUT2D eigenvalue weighted by Gasteiger charge is 2.20. The lowest BCUT2D eigenvalue weighted by Crippen LogP contribution is -2.29. The zero-order chi connectivity index (χ0) is 16.2. The monoisotopic (exact) mass is 312 g/mol. The van der Waals surface area contributed by atoms with Gasteiger partial charge in [0.25, 0.3) is 5.91 Å². The Morgan fingerprint density at radius 2 is 1.83 bits per heavy atom. The smallest absolute Gasteiger partial charge is 0.254 e. The number of carbonyl (C=O) groups is 1. The van der Waals surface area contributed by atoms with Crippen LogP contribution in [0.5, 0.6) is 11.5 Å². The van der Waals surface area contributed by atoms with E-state index in [-0.39, 0.29) is 5.91 Å². The third-order valence-corrected chi connectivity index (χ3v) is 3.95. The number of aromatic nitrogens is 1. The molecule has 1 aromatic carbocycles. The second-order valence-electron chi connectivity index (χ2n) is 5.64. The molecule has 0 fully saturated rings. The van der Waals surface area contributed by atoms with Crippen LogP contribution in [-0.2, 0) is 6.42 Å². The maximum atomic E-state index is 12.7. The first-order chi connectivity index (χ1) is 11.1. The number of ether oxygens (including phenoxy) is 2. The van der Waals surface area contributed by atoms with Crippen molar-refractivity contribution in [3.63, 3.8) is 0 Å². The van der Waals surface area contributed by atoms with Crippen LogP contribution in [0.3, 0.4) is 0 Å². The number of rotatable bonds is 4. The Morgan fingerprint density at radius 3 is 2.52 bits per heavy atom. The fourth-order valence-corrected chi connectivity index (χ4v) is 2.57. The molecule has 5 nitrogen and oxygen atoms in total. The highest BCUT2D eigenvalue weighted by molar-refractivity contribution is 5.96. The van der Waals surface area contributed by atoms with Crippen molar-refractivity contribution in [2.45, 2.75) is 13.3 Å². The van der Waals surface area contributed by atoms with Gasteiger partial charge in [0.05, 0.1) is 0 Å². The average Bonchev–Trinajstić information content (AvgIpc) is 2.59. The largest absolute Gasteiger partial charge is 0.486 e. The summed E-state index contributed by atoms with van der Waals surface area (Å²) in [5, 5.41) is 0. The molecule has 0 bridgehead atoms. The summed E-state index contributed by atoms with van der Waals surface area (Å²) < 4.78 is 11.1. The number of aryl methyl sites for hydroxylation is 1. The molecule has 1 aromatic heterocycles. The van der Waals surface area contributed by atoms with Crippen molar-refractivity contribution in [2.24, 2.45) is 0 Å². The maximum absolute atomic E-state index is 12.7. The van der Waals surface area contributed by atoms with Gasteiger partial charge in [-0.1, -0.05) is 0 Å². The van der Waals surface area contributed by atoms with E-state index in [0.29, 0.717) is 36.8 Å². The van der Waals surface area contributed by atoms with E-state index in [1.807, 2.05) is 32.2 Å². The van der Waals surface area contributed by atoms with Crippen LogP contribution in [0.1, 0.15) is 21.5 Å². The molecule has 3 rings (SSSR count). The van der Waals surface area contributed by atoms with Gasteiger partial charge < -0.3 is 14.4 Å². The Kier molecular flexibility index (Phi) is 4.46. The normalized spacial score (nSPS) is 12.8. The molecule has 1 aliphatic heterocycles. The summed E-state index contributed by atoms with van der Waals surface area (Å²) >= 11 is 0. The number of carbonyl (C=O) groups excluding carboxylic acids is 1. The van der Waals surface area contributed by atoms with Crippen molar-refractivity contribution in [2.75, 3.05) is 26.8 Å². The summed E-state index contributed by atoms with van der Waals surface area (Å²) in [6.07, 6.45) is 4.33. The number of hydrogen-bond acceptors (Lipinski definition) is 4. The van der Waals surface area contributed by atoms with E-state index in [4.69, 9.17) is 9.47 Å². The van der Waals surface area contributed by atoms with E-state index in [0.717, 1.165) is 12.0 Å². The predicted octanol–water partition coefficient (Wildman–Crippen LogP) is 2.48. The standard InChI is InChI=1S/C18H20N2O3/c1-13-11-16-17(23-10-9-22-16)12-15(13)18(21)20(2)8-5-14-3-6-19-7-4-14/h3-4,6-7,11-12H,5,8-10H2,1-2H3. The molecule has 0 unspecified atom stereocenters. The molecule has 5 heteroatoms. The molecule has 2 heterocycles. The van der Waals surface area contributed by atoms with Crippen molar-refractivity contribution < 1.29 is 14.3 Å². The topological polar surface area (TPSA) is 51.7 Å². The molecule has 23 heavy (non-hydrogen) atoms. The van der Waals surface area contributed by atoms with E-state index in [9.17, 15) is 4.79 Å². The fraction of sp³-hybridized carbons (Fsp3) is 0.333. The summed E-state index contributed by atoms with van der Waals surface area (Å²) in [6, 6.07) is 7.59. The van der Waals surface area contributed by atoms with Crippen LogP contribution in [0.4, 0.5) is 0 Å².